The minimum absolute atomic E-state index is 0.0180. The lowest BCUT2D eigenvalue weighted by molar-refractivity contribution is -0.139. The van der Waals surface area contributed by atoms with Gasteiger partial charge in [0.05, 0.1) is 29.3 Å². The first-order valence-electron chi connectivity index (χ1n) is 12.2. The average molecular weight is 569 g/mol. The summed E-state index contributed by atoms with van der Waals surface area (Å²) in [6.07, 6.45) is -2.89. The number of nitrogens with zero attached hydrogens (tertiary/aromatic N) is 1. The molecule has 0 amide bonds. The molecule has 0 aliphatic heterocycles. The molecule has 0 spiro atoms. The SMILES string of the molecule is CC(C)(O)CCOc1cc(F)c(-c2cc(COc3cc4c(cn3)C(C(=O)O)CC4)c(F)cc2C(F)(F)F)c(F)c1. The lowest BCUT2D eigenvalue weighted by Crippen LogP contribution is -2.21. The first-order chi connectivity index (χ1) is 18.6. The molecule has 1 aromatic heterocycles. The van der Waals surface area contributed by atoms with Gasteiger partial charge in [-0.3, -0.25) is 4.79 Å². The van der Waals surface area contributed by atoms with Crippen molar-refractivity contribution in [2.75, 3.05) is 6.61 Å². The van der Waals surface area contributed by atoms with E-state index in [-0.39, 0.29) is 30.7 Å². The minimum Gasteiger partial charge on any atom is -0.493 e. The topological polar surface area (TPSA) is 88.9 Å². The number of pyridine rings is 1. The molecule has 40 heavy (non-hydrogen) atoms. The number of hydrogen-bond acceptors (Lipinski definition) is 5. The van der Waals surface area contributed by atoms with Crippen LogP contribution in [0.5, 0.6) is 11.6 Å². The third-order valence-electron chi connectivity index (χ3n) is 6.51. The molecule has 1 heterocycles. The Kier molecular flexibility index (Phi) is 8.02. The molecule has 0 bridgehead atoms. The molecule has 0 saturated carbocycles. The molecule has 12 heteroatoms. The summed E-state index contributed by atoms with van der Waals surface area (Å²) in [5.41, 5.74) is -3.89. The Bertz CT molecular complexity index is 1410. The van der Waals surface area contributed by atoms with Crippen molar-refractivity contribution < 1.29 is 50.8 Å². The zero-order valence-electron chi connectivity index (χ0n) is 21.4. The number of halogens is 6. The van der Waals surface area contributed by atoms with Crippen LogP contribution in [0.4, 0.5) is 26.3 Å². The largest absolute Gasteiger partial charge is 0.493 e. The Morgan fingerprint density at radius 1 is 1.02 bits per heavy atom. The van der Waals surface area contributed by atoms with Crippen LogP contribution in [0.15, 0.2) is 36.5 Å². The normalized spacial score (nSPS) is 15.2. The van der Waals surface area contributed by atoms with Crippen LogP contribution >= 0.6 is 0 Å². The number of benzene rings is 2. The van der Waals surface area contributed by atoms with Gasteiger partial charge in [0, 0.05) is 41.9 Å². The van der Waals surface area contributed by atoms with Crippen molar-refractivity contribution in [3.8, 4) is 22.8 Å². The summed E-state index contributed by atoms with van der Waals surface area (Å²) in [4.78, 5) is 15.3. The zero-order valence-corrected chi connectivity index (χ0v) is 21.4. The fraction of sp³-hybridized carbons (Fsp3) is 0.357. The molecule has 0 fully saturated rings. The fourth-order valence-electron chi connectivity index (χ4n) is 4.44. The van der Waals surface area contributed by atoms with Crippen molar-refractivity contribution in [2.45, 2.75) is 57.4 Å². The van der Waals surface area contributed by atoms with E-state index in [0.717, 1.165) is 0 Å². The number of aliphatic carboxylic acids is 1. The number of aryl methyl sites for hydroxylation is 1. The van der Waals surface area contributed by atoms with Gasteiger partial charge >= 0.3 is 12.1 Å². The van der Waals surface area contributed by atoms with E-state index in [0.29, 0.717) is 42.2 Å². The summed E-state index contributed by atoms with van der Waals surface area (Å²) in [5, 5.41) is 19.0. The number of carbonyl (C=O) groups is 1. The lowest BCUT2D eigenvalue weighted by Gasteiger charge is -2.19. The number of aliphatic hydroxyl groups is 1. The molecule has 6 nitrogen and oxygen atoms in total. The lowest BCUT2D eigenvalue weighted by atomic mass is 9.95. The van der Waals surface area contributed by atoms with Gasteiger partial charge in [0.2, 0.25) is 5.88 Å². The number of carboxylic acids is 1. The van der Waals surface area contributed by atoms with E-state index in [1.807, 2.05) is 0 Å². The van der Waals surface area contributed by atoms with Crippen molar-refractivity contribution >= 4 is 5.97 Å². The maximum atomic E-state index is 15.0. The molecule has 1 atom stereocenters. The highest BCUT2D eigenvalue weighted by atomic mass is 19.4. The quantitative estimate of drug-likeness (QED) is 0.289. The number of fused-ring (bicyclic) bond motifs is 1. The second-order valence-corrected chi connectivity index (χ2v) is 10.1. The van der Waals surface area contributed by atoms with Gasteiger partial charge in [0.25, 0.3) is 0 Å². The Hall–Kier alpha value is -3.80. The third kappa shape index (κ3) is 6.49. The van der Waals surface area contributed by atoms with Gasteiger partial charge in [-0.1, -0.05) is 0 Å². The monoisotopic (exact) mass is 569 g/mol. The molecule has 0 radical (unpaired) electrons. The number of ether oxygens (including phenoxy) is 2. The highest BCUT2D eigenvalue weighted by Crippen LogP contribution is 2.41. The van der Waals surface area contributed by atoms with Crippen molar-refractivity contribution in [3.05, 3.63) is 76.2 Å². The Balaban J connectivity index is 1.64. The van der Waals surface area contributed by atoms with Gasteiger partial charge < -0.3 is 19.7 Å². The van der Waals surface area contributed by atoms with Crippen LogP contribution in [-0.2, 0) is 24.0 Å². The Morgan fingerprint density at radius 2 is 1.70 bits per heavy atom. The van der Waals surface area contributed by atoms with Gasteiger partial charge in [0.15, 0.2) is 0 Å². The fourth-order valence-corrected chi connectivity index (χ4v) is 4.44. The molecule has 1 aliphatic rings. The van der Waals surface area contributed by atoms with Crippen LogP contribution < -0.4 is 9.47 Å². The van der Waals surface area contributed by atoms with E-state index in [1.54, 1.807) is 0 Å². The maximum Gasteiger partial charge on any atom is 0.417 e. The molecule has 2 aromatic carbocycles. The highest BCUT2D eigenvalue weighted by Gasteiger charge is 2.37. The summed E-state index contributed by atoms with van der Waals surface area (Å²) in [6, 6.07) is 3.70. The summed E-state index contributed by atoms with van der Waals surface area (Å²) >= 11 is 0. The van der Waals surface area contributed by atoms with Crippen molar-refractivity contribution in [2.24, 2.45) is 0 Å². The smallest absolute Gasteiger partial charge is 0.417 e. The third-order valence-corrected chi connectivity index (χ3v) is 6.51. The van der Waals surface area contributed by atoms with Gasteiger partial charge in [-0.15, -0.1) is 0 Å². The maximum absolute atomic E-state index is 15.0. The molecule has 214 valence electrons. The van der Waals surface area contributed by atoms with Crippen LogP contribution in [0.3, 0.4) is 0 Å². The zero-order chi connectivity index (χ0) is 29.4. The molecule has 0 saturated heterocycles. The predicted molar refractivity (Wildman–Crippen MR) is 130 cm³/mol. The van der Waals surface area contributed by atoms with E-state index in [2.05, 4.69) is 4.98 Å². The molecule has 4 rings (SSSR count). The number of carboxylic acid groups (broad SMARTS) is 1. The highest BCUT2D eigenvalue weighted by molar-refractivity contribution is 5.77. The van der Waals surface area contributed by atoms with Gasteiger partial charge in [-0.2, -0.15) is 13.2 Å². The Morgan fingerprint density at radius 3 is 2.30 bits per heavy atom. The van der Waals surface area contributed by atoms with Crippen LogP contribution in [0, 0.1) is 17.5 Å². The Labute approximate surface area is 225 Å². The second kappa shape index (κ2) is 11.0. The number of rotatable bonds is 9. The molecule has 1 unspecified atom stereocenters. The number of hydrogen-bond donors (Lipinski definition) is 2. The van der Waals surface area contributed by atoms with Crippen LogP contribution in [0.1, 0.15) is 54.9 Å². The van der Waals surface area contributed by atoms with Crippen molar-refractivity contribution in [1.82, 2.24) is 4.98 Å². The van der Waals surface area contributed by atoms with E-state index in [4.69, 9.17) is 9.47 Å². The molecule has 1 aliphatic carbocycles. The van der Waals surface area contributed by atoms with Crippen molar-refractivity contribution in [1.29, 1.82) is 0 Å². The minimum atomic E-state index is -5.14. The molecular formula is C28H25F6NO5. The summed E-state index contributed by atoms with van der Waals surface area (Å²) in [5.74, 6) is -6.07. The van der Waals surface area contributed by atoms with Gasteiger partial charge in [0.1, 0.15) is 29.8 Å². The van der Waals surface area contributed by atoms with Crippen LogP contribution in [0.25, 0.3) is 11.1 Å². The van der Waals surface area contributed by atoms with E-state index < -0.39 is 70.0 Å². The number of aromatic nitrogens is 1. The van der Waals surface area contributed by atoms with Gasteiger partial charge in [-0.05, 0) is 49.9 Å². The summed E-state index contributed by atoms with van der Waals surface area (Å²) in [6.45, 7) is 2.28. The second-order valence-electron chi connectivity index (χ2n) is 10.1. The van der Waals surface area contributed by atoms with Gasteiger partial charge in [-0.25, -0.2) is 18.2 Å². The van der Waals surface area contributed by atoms with E-state index in [1.165, 1.54) is 26.1 Å². The molecule has 3 aromatic rings. The summed E-state index contributed by atoms with van der Waals surface area (Å²) in [7, 11) is 0. The van der Waals surface area contributed by atoms with E-state index in [9.17, 15) is 32.6 Å². The van der Waals surface area contributed by atoms with Crippen LogP contribution in [-0.4, -0.2) is 33.4 Å². The first kappa shape index (κ1) is 29.2. The van der Waals surface area contributed by atoms with Crippen molar-refractivity contribution in [3.63, 3.8) is 0 Å². The van der Waals surface area contributed by atoms with E-state index >= 15 is 8.78 Å². The average Bonchev–Trinajstić information content (AvgIpc) is 3.25. The standard InChI is InChI=1S/C28H25F6NO5/c1-27(2,38)5-6-39-16-9-22(30)25(23(31)10-16)18-7-15(21(29)11-20(18)28(32,33)34)13-40-24-8-14-3-4-17(26(36)37)19(14)12-35-24/h7-12,17,38H,3-6,13H2,1-2H3,(H,36,37). The predicted octanol–water partition coefficient (Wildman–Crippen LogP) is 6.42. The number of alkyl halides is 3. The molecule has 2 N–H and O–H groups in total. The first-order valence-corrected chi connectivity index (χ1v) is 12.2. The molecular weight excluding hydrogens is 544 g/mol. The summed E-state index contributed by atoms with van der Waals surface area (Å²) < 4.78 is 96.8. The van der Waals surface area contributed by atoms with Crippen LogP contribution in [0.2, 0.25) is 0 Å².